The van der Waals surface area contributed by atoms with Crippen LogP contribution in [0.1, 0.15) is 23.2 Å². The van der Waals surface area contributed by atoms with Gasteiger partial charge in [0.2, 0.25) is 5.91 Å². The molecule has 5 heteroatoms. The fraction of sp³-hybridized carbons (Fsp3) is 0.385. The number of carboxylic acids is 1. The first-order chi connectivity index (χ1) is 8.50. The van der Waals surface area contributed by atoms with Crippen molar-refractivity contribution in [2.24, 2.45) is 0 Å². The molecule has 0 heterocycles. The Bertz CT molecular complexity index is 412. The predicted octanol–water partition coefficient (Wildman–Crippen LogP) is 1.63. The third kappa shape index (κ3) is 4.45. The maximum atomic E-state index is 11.3. The van der Waals surface area contributed by atoms with Crippen molar-refractivity contribution < 1.29 is 19.4 Å². The van der Waals surface area contributed by atoms with E-state index in [-0.39, 0.29) is 11.5 Å². The molecular formula is C13H17NO4. The van der Waals surface area contributed by atoms with Crippen molar-refractivity contribution in [3.8, 4) is 5.75 Å². The zero-order valence-electron chi connectivity index (χ0n) is 10.5. The Morgan fingerprint density at radius 2 is 1.83 bits per heavy atom. The van der Waals surface area contributed by atoms with E-state index >= 15 is 0 Å². The van der Waals surface area contributed by atoms with Crippen molar-refractivity contribution in [2.45, 2.75) is 12.8 Å². The van der Waals surface area contributed by atoms with Gasteiger partial charge in [0.05, 0.1) is 12.2 Å². The second-order valence-electron chi connectivity index (χ2n) is 4.07. The van der Waals surface area contributed by atoms with E-state index in [1.54, 1.807) is 31.1 Å². The normalized spacial score (nSPS) is 9.89. The number of hydrogen-bond acceptors (Lipinski definition) is 3. The molecule has 0 spiro atoms. The number of carboxylic acid groups (broad SMARTS) is 1. The van der Waals surface area contributed by atoms with Gasteiger partial charge in [-0.05, 0) is 30.7 Å². The molecule has 0 aliphatic carbocycles. The fourth-order valence-corrected chi connectivity index (χ4v) is 1.33. The van der Waals surface area contributed by atoms with Crippen LogP contribution in [0.3, 0.4) is 0 Å². The van der Waals surface area contributed by atoms with Crippen molar-refractivity contribution in [2.75, 3.05) is 20.7 Å². The summed E-state index contributed by atoms with van der Waals surface area (Å²) in [5.41, 5.74) is 0.227. The molecule has 0 fully saturated rings. The minimum atomic E-state index is -0.960. The van der Waals surface area contributed by atoms with Crippen LogP contribution < -0.4 is 4.74 Å². The van der Waals surface area contributed by atoms with Crippen molar-refractivity contribution in [3.05, 3.63) is 29.8 Å². The highest BCUT2D eigenvalue weighted by atomic mass is 16.5. The summed E-state index contributed by atoms with van der Waals surface area (Å²) in [5, 5.41) is 8.72. The minimum Gasteiger partial charge on any atom is -0.494 e. The van der Waals surface area contributed by atoms with Crippen molar-refractivity contribution >= 4 is 11.9 Å². The molecule has 0 atom stereocenters. The molecule has 0 saturated heterocycles. The molecule has 1 N–H and O–H groups in total. The van der Waals surface area contributed by atoms with Crippen LogP contribution in [0.5, 0.6) is 5.75 Å². The Hall–Kier alpha value is -2.04. The molecule has 18 heavy (non-hydrogen) atoms. The molecule has 0 bridgehead atoms. The lowest BCUT2D eigenvalue weighted by Crippen LogP contribution is -2.21. The zero-order valence-corrected chi connectivity index (χ0v) is 10.5. The van der Waals surface area contributed by atoms with E-state index in [4.69, 9.17) is 9.84 Å². The van der Waals surface area contributed by atoms with Gasteiger partial charge in [0.1, 0.15) is 5.75 Å². The summed E-state index contributed by atoms with van der Waals surface area (Å²) < 4.78 is 5.41. The van der Waals surface area contributed by atoms with Crippen molar-refractivity contribution in [1.82, 2.24) is 4.90 Å². The van der Waals surface area contributed by atoms with E-state index in [0.29, 0.717) is 25.2 Å². The molecule has 1 aromatic carbocycles. The number of aromatic carboxylic acids is 1. The molecule has 0 unspecified atom stereocenters. The Morgan fingerprint density at radius 3 is 2.33 bits per heavy atom. The predicted molar refractivity (Wildman–Crippen MR) is 66.8 cm³/mol. The standard InChI is InChI=1S/C13H17NO4/c1-14(2)12(15)4-3-9-18-11-7-5-10(6-8-11)13(16)17/h5-8H,3-4,9H2,1-2H3,(H,16,17). The Kier molecular flexibility index (Phi) is 5.17. The molecule has 1 rings (SSSR count). The molecule has 0 aliphatic heterocycles. The Morgan fingerprint density at radius 1 is 1.22 bits per heavy atom. The van der Waals surface area contributed by atoms with Gasteiger partial charge in [-0.15, -0.1) is 0 Å². The molecule has 0 saturated carbocycles. The first-order valence-electron chi connectivity index (χ1n) is 5.67. The summed E-state index contributed by atoms with van der Waals surface area (Å²) in [6, 6.07) is 6.19. The van der Waals surface area contributed by atoms with Crippen LogP contribution >= 0.6 is 0 Å². The topological polar surface area (TPSA) is 66.8 Å². The Labute approximate surface area is 106 Å². The number of hydrogen-bond donors (Lipinski definition) is 1. The molecule has 0 aliphatic rings. The summed E-state index contributed by atoms with van der Waals surface area (Å²) >= 11 is 0. The number of ether oxygens (including phenoxy) is 1. The van der Waals surface area contributed by atoms with Gasteiger partial charge in [-0.2, -0.15) is 0 Å². The SMILES string of the molecule is CN(C)C(=O)CCCOc1ccc(C(=O)O)cc1. The quantitative estimate of drug-likeness (QED) is 0.780. The van der Waals surface area contributed by atoms with E-state index in [1.165, 1.54) is 12.1 Å². The van der Waals surface area contributed by atoms with Crippen LogP contribution in [0, 0.1) is 0 Å². The van der Waals surface area contributed by atoms with Crippen LogP contribution in [-0.2, 0) is 4.79 Å². The lowest BCUT2D eigenvalue weighted by molar-refractivity contribution is -0.128. The largest absolute Gasteiger partial charge is 0.494 e. The monoisotopic (exact) mass is 251 g/mol. The zero-order chi connectivity index (χ0) is 13.5. The second-order valence-corrected chi connectivity index (χ2v) is 4.07. The second kappa shape index (κ2) is 6.64. The van der Waals surface area contributed by atoms with Gasteiger partial charge in [0.15, 0.2) is 0 Å². The molecule has 5 nitrogen and oxygen atoms in total. The van der Waals surface area contributed by atoms with Crippen molar-refractivity contribution in [1.29, 1.82) is 0 Å². The lowest BCUT2D eigenvalue weighted by atomic mass is 10.2. The highest BCUT2D eigenvalue weighted by molar-refractivity contribution is 5.87. The number of amides is 1. The van der Waals surface area contributed by atoms with Gasteiger partial charge >= 0.3 is 5.97 Å². The lowest BCUT2D eigenvalue weighted by Gasteiger charge is -2.10. The average Bonchev–Trinajstić information content (AvgIpc) is 2.34. The van der Waals surface area contributed by atoms with Crippen LogP contribution in [-0.4, -0.2) is 42.6 Å². The average molecular weight is 251 g/mol. The van der Waals surface area contributed by atoms with Gasteiger partial charge in [-0.3, -0.25) is 4.79 Å². The van der Waals surface area contributed by atoms with Gasteiger partial charge < -0.3 is 14.7 Å². The van der Waals surface area contributed by atoms with Crippen LogP contribution in [0.25, 0.3) is 0 Å². The fourth-order valence-electron chi connectivity index (χ4n) is 1.33. The number of carbonyl (C=O) groups is 2. The molecule has 1 aromatic rings. The van der Waals surface area contributed by atoms with Crippen LogP contribution in [0.15, 0.2) is 24.3 Å². The molecule has 98 valence electrons. The maximum Gasteiger partial charge on any atom is 0.335 e. The van der Waals surface area contributed by atoms with Gasteiger partial charge in [0.25, 0.3) is 0 Å². The molecule has 0 radical (unpaired) electrons. The summed E-state index contributed by atoms with van der Waals surface area (Å²) in [6.07, 6.45) is 1.08. The van der Waals surface area contributed by atoms with Crippen LogP contribution in [0.2, 0.25) is 0 Å². The highest BCUT2D eigenvalue weighted by Crippen LogP contribution is 2.12. The summed E-state index contributed by atoms with van der Waals surface area (Å²) in [4.78, 5) is 23.5. The summed E-state index contributed by atoms with van der Waals surface area (Å²) in [5.74, 6) is -0.282. The molecular weight excluding hydrogens is 234 g/mol. The van der Waals surface area contributed by atoms with Gasteiger partial charge in [-0.25, -0.2) is 4.79 Å². The van der Waals surface area contributed by atoms with Crippen LogP contribution in [0.4, 0.5) is 0 Å². The number of rotatable bonds is 6. The van der Waals surface area contributed by atoms with E-state index in [0.717, 1.165) is 0 Å². The number of carbonyl (C=O) groups excluding carboxylic acids is 1. The third-order valence-corrected chi connectivity index (χ3v) is 2.40. The van der Waals surface area contributed by atoms with Crippen molar-refractivity contribution in [3.63, 3.8) is 0 Å². The molecule has 1 amide bonds. The first-order valence-corrected chi connectivity index (χ1v) is 5.67. The summed E-state index contributed by atoms with van der Waals surface area (Å²) in [7, 11) is 3.43. The minimum absolute atomic E-state index is 0.0693. The van der Waals surface area contributed by atoms with E-state index < -0.39 is 5.97 Å². The first kappa shape index (κ1) is 14.0. The number of nitrogens with zero attached hydrogens (tertiary/aromatic N) is 1. The van der Waals surface area contributed by atoms with E-state index in [2.05, 4.69) is 0 Å². The van der Waals surface area contributed by atoms with E-state index in [1.807, 2.05) is 0 Å². The van der Waals surface area contributed by atoms with Gasteiger partial charge in [-0.1, -0.05) is 0 Å². The maximum absolute atomic E-state index is 11.3. The van der Waals surface area contributed by atoms with E-state index in [9.17, 15) is 9.59 Å². The highest BCUT2D eigenvalue weighted by Gasteiger charge is 2.04. The number of benzene rings is 1. The Balaban J connectivity index is 2.31. The summed E-state index contributed by atoms with van der Waals surface area (Å²) in [6.45, 7) is 0.437. The smallest absolute Gasteiger partial charge is 0.335 e. The third-order valence-electron chi connectivity index (χ3n) is 2.40. The van der Waals surface area contributed by atoms with Gasteiger partial charge in [0, 0.05) is 20.5 Å². The molecule has 0 aromatic heterocycles.